The smallest absolute Gasteiger partial charge is 0.169 e. The van der Waals surface area contributed by atoms with E-state index < -0.39 is 12.1 Å². The highest BCUT2D eigenvalue weighted by molar-refractivity contribution is 8.76. The minimum absolute atomic E-state index is 0.177. The van der Waals surface area contributed by atoms with E-state index in [4.69, 9.17) is 0 Å². The third-order valence-corrected chi connectivity index (χ3v) is 4.89. The van der Waals surface area contributed by atoms with Crippen LogP contribution in [0.1, 0.15) is 6.92 Å². The van der Waals surface area contributed by atoms with Crippen molar-refractivity contribution in [2.24, 2.45) is 0 Å². The average Bonchev–Trinajstić information content (AvgIpc) is 2.26. The molecular formula is C9H16N2O4S2. The first-order valence-corrected chi connectivity index (χ1v) is 7.57. The molecule has 2 atom stereocenters. The third kappa shape index (κ3) is 4.23. The molecule has 0 spiro atoms. The van der Waals surface area contributed by atoms with Crippen molar-refractivity contribution in [2.75, 3.05) is 25.1 Å². The van der Waals surface area contributed by atoms with Gasteiger partial charge in [0.2, 0.25) is 0 Å². The van der Waals surface area contributed by atoms with Crippen LogP contribution in [0.3, 0.4) is 0 Å². The standard InChI is InChI=1S/C9H16N2O4S2/c1-6(12)7-4-16-17-5-8(10(2)14)9(13)3-11(7)15/h7-8,14-15H,3-5H2,1-2H3/t7-,8-/m0/s1. The normalized spacial score (nSPS) is 28.6. The van der Waals surface area contributed by atoms with Crippen LogP contribution in [0.4, 0.5) is 0 Å². The Labute approximate surface area is 108 Å². The SMILES string of the molecule is CC(=O)[C@@H]1CSSC[C@H](N(C)O)C(=O)CN1O. The molecule has 0 aromatic rings. The van der Waals surface area contributed by atoms with Crippen LogP contribution >= 0.6 is 21.6 Å². The average molecular weight is 280 g/mol. The molecule has 0 bridgehead atoms. The van der Waals surface area contributed by atoms with Crippen molar-refractivity contribution < 1.29 is 20.0 Å². The van der Waals surface area contributed by atoms with E-state index in [2.05, 4.69) is 0 Å². The number of ketones is 2. The number of likely N-dealkylation sites (N-methyl/N-ethyl adjacent to an activating group) is 1. The molecule has 0 aromatic carbocycles. The number of rotatable bonds is 2. The van der Waals surface area contributed by atoms with Crippen LogP contribution in [-0.2, 0) is 9.59 Å². The Bertz CT molecular complexity index is 301. The highest BCUT2D eigenvalue weighted by atomic mass is 33.1. The van der Waals surface area contributed by atoms with Crippen LogP contribution in [-0.4, -0.2) is 69.3 Å². The lowest BCUT2D eigenvalue weighted by Gasteiger charge is -2.24. The zero-order valence-corrected chi connectivity index (χ0v) is 11.3. The van der Waals surface area contributed by atoms with Crippen molar-refractivity contribution in [1.82, 2.24) is 10.1 Å². The Kier molecular flexibility index (Phi) is 5.90. The van der Waals surface area contributed by atoms with E-state index in [1.54, 1.807) is 0 Å². The van der Waals surface area contributed by atoms with E-state index in [-0.39, 0.29) is 18.1 Å². The third-order valence-electron chi connectivity index (χ3n) is 2.50. The summed E-state index contributed by atoms with van der Waals surface area (Å²) in [5.74, 6) is 0.364. The van der Waals surface area contributed by atoms with Gasteiger partial charge in [0.25, 0.3) is 0 Å². The summed E-state index contributed by atoms with van der Waals surface area (Å²) in [4.78, 5) is 23.1. The van der Waals surface area contributed by atoms with Crippen molar-refractivity contribution in [3.05, 3.63) is 0 Å². The summed E-state index contributed by atoms with van der Waals surface area (Å²) in [5.41, 5.74) is 0. The van der Waals surface area contributed by atoms with Crippen molar-refractivity contribution >= 4 is 33.2 Å². The van der Waals surface area contributed by atoms with Gasteiger partial charge in [0, 0.05) is 18.6 Å². The lowest BCUT2D eigenvalue weighted by atomic mass is 10.1. The number of hydrogen-bond donors (Lipinski definition) is 2. The van der Waals surface area contributed by atoms with Gasteiger partial charge in [0.15, 0.2) is 5.78 Å². The molecule has 98 valence electrons. The van der Waals surface area contributed by atoms with E-state index in [1.165, 1.54) is 35.6 Å². The van der Waals surface area contributed by atoms with Gasteiger partial charge in [-0.1, -0.05) is 21.6 Å². The first-order valence-electron chi connectivity index (χ1n) is 5.08. The van der Waals surface area contributed by atoms with E-state index in [9.17, 15) is 20.0 Å². The maximum Gasteiger partial charge on any atom is 0.169 e. The molecule has 0 aromatic heterocycles. The Morgan fingerprint density at radius 1 is 1.47 bits per heavy atom. The zero-order valence-electron chi connectivity index (χ0n) is 9.70. The quantitative estimate of drug-likeness (QED) is 0.552. The molecule has 8 heteroatoms. The number of carbonyl (C=O) groups is 2. The molecular weight excluding hydrogens is 264 g/mol. The number of Topliss-reactive ketones (excluding diaryl/α,β-unsaturated/α-hetero) is 2. The highest BCUT2D eigenvalue weighted by Crippen LogP contribution is 2.27. The van der Waals surface area contributed by atoms with Crippen LogP contribution in [0.25, 0.3) is 0 Å². The molecule has 1 fully saturated rings. The minimum Gasteiger partial charge on any atom is -0.314 e. The van der Waals surface area contributed by atoms with Crippen LogP contribution in [0.2, 0.25) is 0 Å². The van der Waals surface area contributed by atoms with Crippen LogP contribution in [0.15, 0.2) is 0 Å². The summed E-state index contributed by atoms with van der Waals surface area (Å²) in [5, 5.41) is 20.7. The van der Waals surface area contributed by atoms with Crippen molar-refractivity contribution in [1.29, 1.82) is 0 Å². The molecule has 6 nitrogen and oxygen atoms in total. The van der Waals surface area contributed by atoms with Crippen molar-refractivity contribution in [3.63, 3.8) is 0 Å². The summed E-state index contributed by atoms with van der Waals surface area (Å²) < 4.78 is 0. The molecule has 17 heavy (non-hydrogen) atoms. The second kappa shape index (κ2) is 6.72. The van der Waals surface area contributed by atoms with Gasteiger partial charge in [-0.05, 0) is 6.92 Å². The second-order valence-electron chi connectivity index (χ2n) is 3.85. The predicted octanol–water partition coefficient (Wildman–Crippen LogP) is 0.289. The summed E-state index contributed by atoms with van der Waals surface area (Å²) in [6.45, 7) is 1.14. The lowest BCUT2D eigenvalue weighted by Crippen LogP contribution is -2.47. The Morgan fingerprint density at radius 2 is 2.06 bits per heavy atom. The molecule has 1 rings (SSSR count). The molecule has 0 saturated carbocycles. The second-order valence-corrected chi connectivity index (χ2v) is 6.40. The summed E-state index contributed by atoms with van der Waals surface area (Å²) >= 11 is 0. The molecule has 0 aliphatic carbocycles. The Morgan fingerprint density at radius 3 is 2.59 bits per heavy atom. The molecule has 2 N–H and O–H groups in total. The summed E-state index contributed by atoms with van der Waals surface area (Å²) in [6, 6.07) is -1.33. The van der Waals surface area contributed by atoms with E-state index in [0.29, 0.717) is 11.5 Å². The van der Waals surface area contributed by atoms with Gasteiger partial charge in [0.1, 0.15) is 17.9 Å². The topological polar surface area (TPSA) is 81.1 Å². The Hall–Kier alpha value is -0.120. The number of nitrogens with zero attached hydrogens (tertiary/aromatic N) is 2. The van der Waals surface area contributed by atoms with Crippen molar-refractivity contribution in [2.45, 2.75) is 19.0 Å². The molecule has 0 unspecified atom stereocenters. The monoisotopic (exact) mass is 280 g/mol. The maximum atomic E-state index is 11.8. The van der Waals surface area contributed by atoms with Gasteiger partial charge in [-0.2, -0.15) is 10.1 Å². The molecule has 0 amide bonds. The lowest BCUT2D eigenvalue weighted by molar-refractivity contribution is -0.164. The molecule has 1 saturated heterocycles. The summed E-state index contributed by atoms with van der Waals surface area (Å²) in [6.07, 6.45) is 0. The van der Waals surface area contributed by atoms with Crippen LogP contribution in [0, 0.1) is 0 Å². The fraction of sp³-hybridized carbons (Fsp3) is 0.778. The fourth-order valence-corrected chi connectivity index (χ4v) is 4.03. The van der Waals surface area contributed by atoms with Crippen LogP contribution < -0.4 is 0 Å². The van der Waals surface area contributed by atoms with Gasteiger partial charge >= 0.3 is 0 Å². The van der Waals surface area contributed by atoms with E-state index in [0.717, 1.165) is 10.1 Å². The molecule has 0 radical (unpaired) electrons. The van der Waals surface area contributed by atoms with E-state index >= 15 is 0 Å². The largest absolute Gasteiger partial charge is 0.314 e. The maximum absolute atomic E-state index is 11.8. The van der Waals surface area contributed by atoms with Gasteiger partial charge in [-0.3, -0.25) is 9.59 Å². The first-order chi connectivity index (χ1) is 7.93. The predicted molar refractivity (Wildman–Crippen MR) is 66.2 cm³/mol. The first kappa shape index (κ1) is 14.9. The van der Waals surface area contributed by atoms with Gasteiger partial charge < -0.3 is 10.4 Å². The number of hydroxylamine groups is 4. The zero-order chi connectivity index (χ0) is 13.0. The van der Waals surface area contributed by atoms with Gasteiger partial charge in [-0.25, -0.2) is 0 Å². The molecule has 1 aliphatic rings. The fourth-order valence-electron chi connectivity index (χ4n) is 1.42. The van der Waals surface area contributed by atoms with E-state index in [1.807, 2.05) is 0 Å². The molecule has 1 aliphatic heterocycles. The van der Waals surface area contributed by atoms with Gasteiger partial charge in [-0.15, -0.1) is 0 Å². The number of carbonyl (C=O) groups excluding carboxylic acids is 2. The number of hydrogen-bond acceptors (Lipinski definition) is 8. The highest BCUT2D eigenvalue weighted by Gasteiger charge is 2.30. The molecule has 1 heterocycles. The summed E-state index contributed by atoms with van der Waals surface area (Å²) in [7, 11) is 4.22. The Balaban J connectivity index is 2.77. The minimum atomic E-state index is -0.667. The van der Waals surface area contributed by atoms with Crippen molar-refractivity contribution in [3.8, 4) is 0 Å². The van der Waals surface area contributed by atoms with Crippen LogP contribution in [0.5, 0.6) is 0 Å². The van der Waals surface area contributed by atoms with Gasteiger partial charge in [0.05, 0.1) is 6.54 Å².